The lowest BCUT2D eigenvalue weighted by Crippen LogP contribution is -2.44. The van der Waals surface area contributed by atoms with Gasteiger partial charge in [0.25, 0.3) is 5.91 Å². The van der Waals surface area contributed by atoms with Crippen LogP contribution in [-0.4, -0.2) is 62.1 Å². The van der Waals surface area contributed by atoms with Gasteiger partial charge in [-0.25, -0.2) is 0 Å². The van der Waals surface area contributed by atoms with E-state index in [1.807, 2.05) is 18.2 Å². The van der Waals surface area contributed by atoms with E-state index in [0.29, 0.717) is 37.7 Å². The molecule has 34 heavy (non-hydrogen) atoms. The first-order chi connectivity index (χ1) is 16.7. The molecule has 7 heteroatoms. The number of unbranched alkanes of at least 4 members (excludes halogenated alkanes) is 1. The van der Waals surface area contributed by atoms with Crippen LogP contribution in [0.4, 0.5) is 0 Å². The Kier molecular flexibility index (Phi) is 9.02. The van der Waals surface area contributed by atoms with Crippen LogP contribution < -0.4 is 10.6 Å². The van der Waals surface area contributed by atoms with Crippen LogP contribution in [0.5, 0.6) is 0 Å². The van der Waals surface area contributed by atoms with Crippen molar-refractivity contribution < 1.29 is 19.1 Å². The lowest BCUT2D eigenvalue weighted by Gasteiger charge is -2.30. The average Bonchev–Trinajstić information content (AvgIpc) is 3.37. The Morgan fingerprint density at radius 3 is 2.59 bits per heavy atom. The monoisotopic (exact) mass is 467 g/mol. The molecule has 0 bridgehead atoms. The first-order valence-electron chi connectivity index (χ1n) is 12.7. The van der Waals surface area contributed by atoms with Gasteiger partial charge in [-0.05, 0) is 81.8 Å². The minimum Gasteiger partial charge on any atom is -0.486 e. The Morgan fingerprint density at radius 2 is 1.79 bits per heavy atom. The van der Waals surface area contributed by atoms with Gasteiger partial charge >= 0.3 is 0 Å². The second-order valence-electron chi connectivity index (χ2n) is 9.38. The van der Waals surface area contributed by atoms with Crippen molar-refractivity contribution >= 4 is 11.8 Å². The van der Waals surface area contributed by atoms with E-state index < -0.39 is 0 Å². The zero-order valence-electron chi connectivity index (χ0n) is 20.0. The van der Waals surface area contributed by atoms with Gasteiger partial charge in [0.05, 0.1) is 0 Å². The van der Waals surface area contributed by atoms with Crippen LogP contribution in [0.25, 0.3) is 0 Å². The van der Waals surface area contributed by atoms with Gasteiger partial charge in [0, 0.05) is 31.1 Å². The SMILES string of the molecule is O=C(CCCCNC(=O)c1ccccc1)N[C@@H](CC1C=C2OCCOC2=CC1)CN1CCCC1. The molecular formula is C27H37N3O4. The van der Waals surface area contributed by atoms with Crippen molar-refractivity contribution in [1.29, 1.82) is 0 Å². The number of hydrogen-bond acceptors (Lipinski definition) is 5. The second-order valence-corrected chi connectivity index (χ2v) is 9.38. The number of rotatable bonds is 11. The highest BCUT2D eigenvalue weighted by molar-refractivity contribution is 5.94. The summed E-state index contributed by atoms with van der Waals surface area (Å²) in [7, 11) is 0. The third kappa shape index (κ3) is 7.35. The number of hydrogen-bond donors (Lipinski definition) is 2. The van der Waals surface area contributed by atoms with Crippen molar-refractivity contribution in [2.24, 2.45) is 5.92 Å². The normalized spacial score (nSPS) is 20.8. The molecule has 2 saturated heterocycles. The van der Waals surface area contributed by atoms with Gasteiger partial charge in [-0.3, -0.25) is 9.59 Å². The van der Waals surface area contributed by atoms with Gasteiger partial charge in [-0.1, -0.05) is 18.2 Å². The van der Waals surface area contributed by atoms with Crippen LogP contribution in [0.3, 0.4) is 0 Å². The second kappa shape index (κ2) is 12.6. The highest BCUT2D eigenvalue weighted by Gasteiger charge is 2.26. The van der Waals surface area contributed by atoms with E-state index >= 15 is 0 Å². The molecule has 0 saturated carbocycles. The van der Waals surface area contributed by atoms with Crippen LogP contribution in [-0.2, 0) is 14.3 Å². The molecule has 2 aliphatic heterocycles. The van der Waals surface area contributed by atoms with Gasteiger partial charge in [-0.15, -0.1) is 0 Å². The number of carbonyl (C=O) groups excluding carboxylic acids is 2. The fraction of sp³-hybridized carbons (Fsp3) is 0.556. The van der Waals surface area contributed by atoms with E-state index in [2.05, 4.69) is 27.7 Å². The molecular weight excluding hydrogens is 430 g/mol. The summed E-state index contributed by atoms with van der Waals surface area (Å²) in [4.78, 5) is 27.3. The number of ether oxygens (including phenoxy) is 2. The maximum atomic E-state index is 12.7. The molecule has 4 rings (SSSR count). The minimum absolute atomic E-state index is 0.0677. The van der Waals surface area contributed by atoms with Crippen LogP contribution in [0.15, 0.2) is 54.0 Å². The first-order valence-corrected chi connectivity index (χ1v) is 12.7. The summed E-state index contributed by atoms with van der Waals surface area (Å²) >= 11 is 0. The predicted molar refractivity (Wildman–Crippen MR) is 131 cm³/mol. The number of carbonyl (C=O) groups is 2. The van der Waals surface area contributed by atoms with Gasteiger partial charge in [0.1, 0.15) is 13.2 Å². The summed E-state index contributed by atoms with van der Waals surface area (Å²) in [5.41, 5.74) is 0.662. The van der Waals surface area contributed by atoms with Crippen molar-refractivity contribution in [3.63, 3.8) is 0 Å². The lowest BCUT2D eigenvalue weighted by atomic mass is 9.91. The third-order valence-corrected chi connectivity index (χ3v) is 6.62. The van der Waals surface area contributed by atoms with Crippen molar-refractivity contribution in [3.05, 3.63) is 59.6 Å². The van der Waals surface area contributed by atoms with Crippen molar-refractivity contribution in [3.8, 4) is 0 Å². The molecule has 2 heterocycles. The van der Waals surface area contributed by atoms with Crippen molar-refractivity contribution in [1.82, 2.24) is 15.5 Å². The Hall–Kier alpha value is -2.80. The number of likely N-dealkylation sites (tertiary alicyclic amines) is 1. The molecule has 1 aromatic carbocycles. The molecule has 7 nitrogen and oxygen atoms in total. The largest absolute Gasteiger partial charge is 0.486 e. The Labute approximate surface area is 202 Å². The van der Waals surface area contributed by atoms with Crippen LogP contribution in [0, 0.1) is 5.92 Å². The summed E-state index contributed by atoms with van der Waals surface area (Å²) in [5, 5.41) is 6.23. The number of nitrogens with zero attached hydrogens (tertiary/aromatic N) is 1. The zero-order chi connectivity index (χ0) is 23.6. The van der Waals surface area contributed by atoms with Crippen molar-refractivity contribution in [2.45, 2.75) is 51.0 Å². The van der Waals surface area contributed by atoms with Gasteiger partial charge in [0.15, 0.2) is 11.5 Å². The molecule has 3 aliphatic rings. The van der Waals surface area contributed by atoms with E-state index in [9.17, 15) is 9.59 Å². The fourth-order valence-corrected chi connectivity index (χ4v) is 4.87. The molecule has 0 spiro atoms. The molecule has 1 aliphatic carbocycles. The molecule has 184 valence electrons. The minimum atomic E-state index is -0.0677. The summed E-state index contributed by atoms with van der Waals surface area (Å²) in [6.07, 6.45) is 10.6. The topological polar surface area (TPSA) is 79.9 Å². The number of fused-ring (bicyclic) bond motifs is 1. The average molecular weight is 468 g/mol. The first kappa shape index (κ1) is 24.3. The van der Waals surface area contributed by atoms with E-state index in [0.717, 1.165) is 56.8 Å². The van der Waals surface area contributed by atoms with Crippen LogP contribution in [0.2, 0.25) is 0 Å². The van der Waals surface area contributed by atoms with E-state index in [1.165, 1.54) is 12.8 Å². The molecule has 2 N–H and O–H groups in total. The van der Waals surface area contributed by atoms with Gasteiger partial charge in [0.2, 0.25) is 5.91 Å². The molecule has 2 atom stereocenters. The number of nitrogens with one attached hydrogen (secondary N) is 2. The molecule has 0 radical (unpaired) electrons. The summed E-state index contributed by atoms with van der Waals surface area (Å²) in [5.74, 6) is 2.08. The zero-order valence-corrected chi connectivity index (χ0v) is 20.0. The van der Waals surface area contributed by atoms with Crippen LogP contribution in [0.1, 0.15) is 55.3 Å². The van der Waals surface area contributed by atoms with Crippen LogP contribution >= 0.6 is 0 Å². The highest BCUT2D eigenvalue weighted by Crippen LogP contribution is 2.30. The van der Waals surface area contributed by atoms with E-state index in [4.69, 9.17) is 9.47 Å². The van der Waals surface area contributed by atoms with Gasteiger partial charge < -0.3 is 25.0 Å². The predicted octanol–water partition coefficient (Wildman–Crippen LogP) is 3.39. The quantitative estimate of drug-likeness (QED) is 0.488. The molecule has 1 unspecified atom stereocenters. The van der Waals surface area contributed by atoms with Crippen molar-refractivity contribution in [2.75, 3.05) is 39.4 Å². The Balaban J connectivity index is 1.20. The summed E-state index contributed by atoms with van der Waals surface area (Å²) in [6.45, 7) is 4.89. The molecule has 2 fully saturated rings. The standard InChI is InChI=1S/C27H37N3O4/c31-26(10-4-5-13-28-27(32)22-8-2-1-3-9-22)29-23(20-30-14-6-7-15-30)18-21-11-12-24-25(19-21)34-17-16-33-24/h1-3,8-9,12,19,21,23H,4-7,10-11,13-18,20H2,(H,28,32)(H,29,31)/t21?,23-/m0/s1. The van der Waals surface area contributed by atoms with E-state index in [-0.39, 0.29) is 17.9 Å². The lowest BCUT2D eigenvalue weighted by molar-refractivity contribution is -0.122. The molecule has 0 aromatic heterocycles. The number of benzene rings is 1. The summed E-state index contributed by atoms with van der Waals surface area (Å²) in [6, 6.07) is 9.32. The fourth-order valence-electron chi connectivity index (χ4n) is 4.87. The maximum absolute atomic E-state index is 12.7. The van der Waals surface area contributed by atoms with E-state index in [1.54, 1.807) is 12.1 Å². The number of amides is 2. The molecule has 1 aromatic rings. The number of allylic oxidation sites excluding steroid dienone is 2. The molecule has 2 amide bonds. The summed E-state index contributed by atoms with van der Waals surface area (Å²) < 4.78 is 11.4. The maximum Gasteiger partial charge on any atom is 0.251 e. The highest BCUT2D eigenvalue weighted by atomic mass is 16.6. The third-order valence-electron chi connectivity index (χ3n) is 6.62. The van der Waals surface area contributed by atoms with Gasteiger partial charge in [-0.2, -0.15) is 0 Å². The smallest absolute Gasteiger partial charge is 0.251 e. The Morgan fingerprint density at radius 1 is 1.03 bits per heavy atom. The Bertz CT molecular complexity index is 877.